The van der Waals surface area contributed by atoms with Gasteiger partial charge in [-0.2, -0.15) is 0 Å². The third kappa shape index (κ3) is 5.01. The number of thioether (sulfide) groups is 1. The van der Waals surface area contributed by atoms with Crippen molar-refractivity contribution in [2.24, 2.45) is 0 Å². The van der Waals surface area contributed by atoms with Crippen molar-refractivity contribution in [2.75, 3.05) is 17.7 Å². The van der Waals surface area contributed by atoms with E-state index in [4.69, 9.17) is 4.74 Å². The van der Waals surface area contributed by atoms with E-state index in [1.807, 2.05) is 11.5 Å². The van der Waals surface area contributed by atoms with Crippen molar-refractivity contribution in [2.45, 2.75) is 71.0 Å². The first kappa shape index (κ1) is 21.8. The minimum atomic E-state index is -0.343. The normalized spacial score (nSPS) is 13.8. The van der Waals surface area contributed by atoms with Gasteiger partial charge in [-0.05, 0) is 58.9 Å². The summed E-state index contributed by atoms with van der Waals surface area (Å²) in [5.41, 5.74) is 1.61. The zero-order chi connectivity index (χ0) is 21.0. The molecule has 0 spiro atoms. The van der Waals surface area contributed by atoms with Gasteiger partial charge in [0.25, 0.3) is 0 Å². The number of rotatable bonds is 7. The maximum Gasteiger partial charge on any atom is 0.341 e. The highest BCUT2D eigenvalue weighted by atomic mass is 32.2. The average Bonchev–Trinajstić information content (AvgIpc) is 3.11. The molecule has 2 aromatic rings. The fourth-order valence-corrected chi connectivity index (χ4v) is 5.79. The number of carbonyl (C=O) groups excluding carboxylic acids is 2. The average molecular weight is 437 g/mol. The Morgan fingerprint density at radius 3 is 2.72 bits per heavy atom. The lowest BCUT2D eigenvalue weighted by Crippen LogP contribution is -2.17. The smallest absolute Gasteiger partial charge is 0.341 e. The molecule has 1 N–H and O–H groups in total. The Kier molecular flexibility index (Phi) is 7.34. The van der Waals surface area contributed by atoms with Gasteiger partial charge in [-0.1, -0.05) is 18.2 Å². The molecular formula is C20H28N4O3S2. The number of aryl methyl sites for hydroxylation is 2. The number of thiophene rings is 1. The molecule has 0 unspecified atom stereocenters. The number of anilines is 1. The Hall–Kier alpha value is -1.87. The van der Waals surface area contributed by atoms with E-state index in [9.17, 15) is 9.59 Å². The van der Waals surface area contributed by atoms with E-state index in [-0.39, 0.29) is 23.7 Å². The quantitative estimate of drug-likeness (QED) is 0.393. The van der Waals surface area contributed by atoms with Crippen molar-refractivity contribution in [1.82, 2.24) is 14.8 Å². The number of esters is 1. The van der Waals surface area contributed by atoms with Crippen LogP contribution in [0, 0.1) is 6.92 Å². The molecule has 0 aromatic carbocycles. The summed E-state index contributed by atoms with van der Waals surface area (Å²) >= 11 is 2.87. The van der Waals surface area contributed by atoms with Gasteiger partial charge in [0.1, 0.15) is 10.8 Å². The molecule has 0 radical (unpaired) electrons. The third-order valence-electron chi connectivity index (χ3n) is 4.84. The second-order valence-electron chi connectivity index (χ2n) is 7.32. The first-order valence-electron chi connectivity index (χ1n) is 10.1. The SMILES string of the molecule is CCOC(=O)c1c(NC(=O)CSc2nnc(C)n2C(C)C)sc2c1CCCCC2. The molecule has 9 heteroatoms. The van der Waals surface area contributed by atoms with Crippen LogP contribution in [0.5, 0.6) is 0 Å². The van der Waals surface area contributed by atoms with Crippen LogP contribution < -0.4 is 5.32 Å². The van der Waals surface area contributed by atoms with E-state index < -0.39 is 0 Å². The molecule has 0 saturated heterocycles. The standard InChI is InChI=1S/C20H28N4O3S2/c1-5-27-19(26)17-14-9-7-6-8-10-15(14)29-18(17)21-16(25)11-28-20-23-22-13(4)24(20)12(2)3/h12H,5-11H2,1-4H3,(H,21,25). The summed E-state index contributed by atoms with van der Waals surface area (Å²) < 4.78 is 7.29. The highest BCUT2D eigenvalue weighted by molar-refractivity contribution is 7.99. The zero-order valence-electron chi connectivity index (χ0n) is 17.4. The van der Waals surface area contributed by atoms with Gasteiger partial charge in [0.05, 0.1) is 17.9 Å². The minimum absolute atomic E-state index is 0.159. The molecule has 158 valence electrons. The topological polar surface area (TPSA) is 86.1 Å². The molecule has 2 heterocycles. The number of nitrogens with one attached hydrogen (secondary N) is 1. The molecule has 0 bridgehead atoms. The maximum absolute atomic E-state index is 12.7. The Labute approximate surface area is 179 Å². The number of carbonyl (C=O) groups is 2. The summed E-state index contributed by atoms with van der Waals surface area (Å²) in [6, 6.07) is 0.221. The van der Waals surface area contributed by atoms with Gasteiger partial charge in [-0.15, -0.1) is 21.5 Å². The van der Waals surface area contributed by atoms with Crippen LogP contribution in [0.15, 0.2) is 5.16 Å². The van der Waals surface area contributed by atoms with Gasteiger partial charge < -0.3 is 14.6 Å². The van der Waals surface area contributed by atoms with Gasteiger partial charge in [0.15, 0.2) is 5.16 Å². The Bertz CT molecular complexity index is 889. The molecule has 0 atom stereocenters. The predicted molar refractivity (Wildman–Crippen MR) is 116 cm³/mol. The van der Waals surface area contributed by atoms with Crippen molar-refractivity contribution in [3.8, 4) is 0 Å². The Morgan fingerprint density at radius 2 is 2.00 bits per heavy atom. The minimum Gasteiger partial charge on any atom is -0.462 e. The molecular weight excluding hydrogens is 408 g/mol. The van der Waals surface area contributed by atoms with Gasteiger partial charge >= 0.3 is 5.97 Å². The van der Waals surface area contributed by atoms with Crippen molar-refractivity contribution in [3.63, 3.8) is 0 Å². The first-order valence-corrected chi connectivity index (χ1v) is 11.9. The van der Waals surface area contributed by atoms with E-state index in [0.717, 1.165) is 48.6 Å². The fraction of sp³-hybridized carbons (Fsp3) is 0.600. The maximum atomic E-state index is 12.7. The van der Waals surface area contributed by atoms with Crippen molar-refractivity contribution in [1.29, 1.82) is 0 Å². The van der Waals surface area contributed by atoms with Crippen LogP contribution in [-0.2, 0) is 22.4 Å². The number of fused-ring (bicyclic) bond motifs is 1. The number of aromatic nitrogens is 3. The summed E-state index contributed by atoms with van der Waals surface area (Å²) in [5, 5.41) is 12.6. The van der Waals surface area contributed by atoms with E-state index in [1.54, 1.807) is 6.92 Å². The number of hydrogen-bond donors (Lipinski definition) is 1. The molecule has 3 rings (SSSR count). The highest BCUT2D eigenvalue weighted by Crippen LogP contribution is 2.38. The van der Waals surface area contributed by atoms with Crippen molar-refractivity contribution < 1.29 is 14.3 Å². The highest BCUT2D eigenvalue weighted by Gasteiger charge is 2.26. The lowest BCUT2D eigenvalue weighted by molar-refractivity contribution is -0.113. The summed E-state index contributed by atoms with van der Waals surface area (Å²) in [6.45, 7) is 8.14. The second-order valence-corrected chi connectivity index (χ2v) is 9.37. The summed E-state index contributed by atoms with van der Waals surface area (Å²) in [4.78, 5) is 26.5. The van der Waals surface area contributed by atoms with E-state index in [2.05, 4.69) is 29.4 Å². The van der Waals surface area contributed by atoms with Crippen LogP contribution in [0.1, 0.15) is 72.7 Å². The molecule has 0 fully saturated rings. The number of ether oxygens (including phenoxy) is 1. The molecule has 1 aliphatic rings. The van der Waals surface area contributed by atoms with Crippen LogP contribution in [0.3, 0.4) is 0 Å². The lowest BCUT2D eigenvalue weighted by Gasteiger charge is -2.12. The number of amides is 1. The third-order valence-corrected chi connectivity index (χ3v) is 6.99. The van der Waals surface area contributed by atoms with Crippen LogP contribution >= 0.6 is 23.1 Å². The van der Waals surface area contributed by atoms with Crippen LogP contribution in [-0.4, -0.2) is 39.0 Å². The van der Waals surface area contributed by atoms with Crippen molar-refractivity contribution in [3.05, 3.63) is 21.8 Å². The fourth-order valence-electron chi connectivity index (χ4n) is 3.59. The molecule has 7 nitrogen and oxygen atoms in total. The van der Waals surface area contributed by atoms with Gasteiger partial charge in [-0.3, -0.25) is 4.79 Å². The largest absolute Gasteiger partial charge is 0.462 e. The van der Waals surface area contributed by atoms with Gasteiger partial charge in [0.2, 0.25) is 5.91 Å². The van der Waals surface area contributed by atoms with E-state index in [0.29, 0.717) is 17.2 Å². The van der Waals surface area contributed by atoms with E-state index >= 15 is 0 Å². The van der Waals surface area contributed by atoms with Crippen LogP contribution in [0.4, 0.5) is 5.00 Å². The van der Waals surface area contributed by atoms with Crippen LogP contribution in [0.25, 0.3) is 0 Å². The second kappa shape index (κ2) is 9.75. The van der Waals surface area contributed by atoms with E-state index in [1.165, 1.54) is 28.0 Å². The zero-order valence-corrected chi connectivity index (χ0v) is 19.0. The molecule has 2 aromatic heterocycles. The monoisotopic (exact) mass is 436 g/mol. The first-order chi connectivity index (χ1) is 13.9. The Morgan fingerprint density at radius 1 is 1.24 bits per heavy atom. The van der Waals surface area contributed by atoms with Crippen LogP contribution in [0.2, 0.25) is 0 Å². The summed E-state index contributed by atoms with van der Waals surface area (Å²) in [6.07, 6.45) is 5.15. The molecule has 0 saturated carbocycles. The van der Waals surface area contributed by atoms with Crippen molar-refractivity contribution >= 4 is 40.0 Å². The lowest BCUT2D eigenvalue weighted by atomic mass is 10.1. The van der Waals surface area contributed by atoms with Gasteiger partial charge in [-0.25, -0.2) is 4.79 Å². The molecule has 0 aliphatic heterocycles. The predicted octanol–water partition coefficient (Wildman–Crippen LogP) is 4.41. The Balaban J connectivity index is 1.75. The molecule has 29 heavy (non-hydrogen) atoms. The summed E-state index contributed by atoms with van der Waals surface area (Å²) in [7, 11) is 0. The number of nitrogens with zero attached hydrogens (tertiary/aromatic N) is 3. The molecule has 1 amide bonds. The number of hydrogen-bond acceptors (Lipinski definition) is 7. The molecule has 1 aliphatic carbocycles. The summed E-state index contributed by atoms with van der Waals surface area (Å²) in [5.74, 6) is 0.530. The van der Waals surface area contributed by atoms with Gasteiger partial charge in [0, 0.05) is 10.9 Å².